The SMILES string of the molecule is CC(C)OS(=O)(=O)CCCN. The highest BCUT2D eigenvalue weighted by Crippen LogP contribution is 2.00. The van der Waals surface area contributed by atoms with E-state index in [-0.39, 0.29) is 11.9 Å². The minimum absolute atomic E-state index is 0.0156. The van der Waals surface area contributed by atoms with Crippen LogP contribution in [-0.4, -0.2) is 26.8 Å². The summed E-state index contributed by atoms with van der Waals surface area (Å²) in [5.74, 6) is 0.0156. The van der Waals surface area contributed by atoms with E-state index in [9.17, 15) is 8.42 Å². The lowest BCUT2D eigenvalue weighted by Crippen LogP contribution is -2.17. The largest absolute Gasteiger partial charge is 0.330 e. The highest BCUT2D eigenvalue weighted by molar-refractivity contribution is 7.86. The van der Waals surface area contributed by atoms with Crippen LogP contribution in [-0.2, 0) is 14.3 Å². The monoisotopic (exact) mass is 181 g/mol. The molecule has 0 bridgehead atoms. The van der Waals surface area contributed by atoms with Gasteiger partial charge in [-0.05, 0) is 26.8 Å². The number of hydrogen-bond donors (Lipinski definition) is 1. The van der Waals surface area contributed by atoms with Gasteiger partial charge in [-0.15, -0.1) is 0 Å². The Kier molecular flexibility index (Phi) is 4.63. The van der Waals surface area contributed by atoms with Crippen LogP contribution in [0.5, 0.6) is 0 Å². The molecule has 0 radical (unpaired) electrons. The normalized spacial score (nSPS) is 12.4. The van der Waals surface area contributed by atoms with Crippen molar-refractivity contribution < 1.29 is 12.6 Å². The molecular weight excluding hydrogens is 166 g/mol. The summed E-state index contributed by atoms with van der Waals surface area (Å²) in [4.78, 5) is 0. The standard InChI is InChI=1S/C6H15NO3S/c1-6(2)10-11(8,9)5-3-4-7/h6H,3-5,7H2,1-2H3. The van der Waals surface area contributed by atoms with Crippen LogP contribution in [0, 0.1) is 0 Å². The molecule has 0 spiro atoms. The van der Waals surface area contributed by atoms with Crippen LogP contribution < -0.4 is 5.73 Å². The maximum absolute atomic E-state index is 10.9. The summed E-state index contributed by atoms with van der Waals surface area (Å²) in [5, 5.41) is 0. The fraction of sp³-hybridized carbons (Fsp3) is 1.00. The summed E-state index contributed by atoms with van der Waals surface area (Å²) in [6.45, 7) is 3.74. The molecule has 0 amide bonds. The van der Waals surface area contributed by atoms with Gasteiger partial charge in [0, 0.05) is 0 Å². The first-order valence-corrected chi connectivity index (χ1v) is 5.16. The molecule has 5 heteroatoms. The van der Waals surface area contributed by atoms with Gasteiger partial charge in [-0.3, -0.25) is 4.18 Å². The lowest BCUT2D eigenvalue weighted by atomic mass is 10.5. The molecule has 4 nitrogen and oxygen atoms in total. The maximum atomic E-state index is 10.9. The number of rotatable bonds is 5. The van der Waals surface area contributed by atoms with E-state index in [2.05, 4.69) is 4.18 Å². The summed E-state index contributed by atoms with van der Waals surface area (Å²) < 4.78 is 26.5. The second-order valence-electron chi connectivity index (χ2n) is 2.55. The molecule has 0 unspecified atom stereocenters. The van der Waals surface area contributed by atoms with Gasteiger partial charge in [-0.2, -0.15) is 8.42 Å². The third-order valence-electron chi connectivity index (χ3n) is 0.938. The molecule has 0 aromatic carbocycles. The number of nitrogens with two attached hydrogens (primary N) is 1. The van der Waals surface area contributed by atoms with Crippen molar-refractivity contribution in [3.8, 4) is 0 Å². The molecule has 11 heavy (non-hydrogen) atoms. The van der Waals surface area contributed by atoms with Gasteiger partial charge < -0.3 is 5.73 Å². The molecule has 0 aromatic heterocycles. The topological polar surface area (TPSA) is 69.4 Å². The van der Waals surface area contributed by atoms with Crippen LogP contribution >= 0.6 is 0 Å². The molecule has 0 fully saturated rings. The minimum atomic E-state index is -3.32. The Morgan fingerprint density at radius 1 is 1.45 bits per heavy atom. The predicted molar refractivity (Wildman–Crippen MR) is 43.7 cm³/mol. The molecule has 2 N–H and O–H groups in total. The van der Waals surface area contributed by atoms with Crippen molar-refractivity contribution >= 4 is 10.1 Å². The van der Waals surface area contributed by atoms with Gasteiger partial charge in [0.15, 0.2) is 0 Å². The van der Waals surface area contributed by atoms with Gasteiger partial charge in [0.2, 0.25) is 0 Å². The zero-order chi connectivity index (χ0) is 8.91. The quantitative estimate of drug-likeness (QED) is 0.610. The van der Waals surface area contributed by atoms with E-state index in [1.165, 1.54) is 0 Å². The molecule has 0 aliphatic carbocycles. The lowest BCUT2D eigenvalue weighted by Gasteiger charge is -2.06. The zero-order valence-electron chi connectivity index (χ0n) is 6.91. The molecule has 0 saturated heterocycles. The Hall–Kier alpha value is -0.130. The first kappa shape index (κ1) is 10.9. The van der Waals surface area contributed by atoms with Crippen molar-refractivity contribution in [2.75, 3.05) is 12.3 Å². The van der Waals surface area contributed by atoms with E-state index in [1.54, 1.807) is 13.8 Å². The molecule has 0 aliphatic heterocycles. The van der Waals surface area contributed by atoms with Crippen LogP contribution in [0.25, 0.3) is 0 Å². The Morgan fingerprint density at radius 2 is 2.00 bits per heavy atom. The Bertz CT molecular complexity index is 186. The Balaban J connectivity index is 3.82. The molecule has 0 heterocycles. The number of hydrogen-bond acceptors (Lipinski definition) is 4. The summed E-state index contributed by atoms with van der Waals surface area (Å²) in [7, 11) is -3.32. The third-order valence-corrected chi connectivity index (χ3v) is 2.40. The zero-order valence-corrected chi connectivity index (χ0v) is 7.73. The van der Waals surface area contributed by atoms with Crippen LogP contribution in [0.1, 0.15) is 20.3 Å². The molecule has 68 valence electrons. The summed E-state index contributed by atoms with van der Waals surface area (Å²) in [5.41, 5.74) is 5.15. The first-order chi connectivity index (χ1) is 4.98. The highest BCUT2D eigenvalue weighted by atomic mass is 32.2. The highest BCUT2D eigenvalue weighted by Gasteiger charge is 2.11. The van der Waals surface area contributed by atoms with Crippen molar-refractivity contribution in [2.24, 2.45) is 5.73 Å². The molecular formula is C6H15NO3S. The molecule has 0 atom stereocenters. The van der Waals surface area contributed by atoms with Crippen molar-refractivity contribution in [3.63, 3.8) is 0 Å². The van der Waals surface area contributed by atoms with Gasteiger partial charge in [0.1, 0.15) is 0 Å². The van der Waals surface area contributed by atoms with Gasteiger partial charge in [-0.25, -0.2) is 0 Å². The third kappa shape index (κ3) is 6.28. The predicted octanol–water partition coefficient (Wildman–Crippen LogP) is 0.0900. The average molecular weight is 181 g/mol. The van der Waals surface area contributed by atoms with E-state index >= 15 is 0 Å². The van der Waals surface area contributed by atoms with Crippen LogP contribution in [0.4, 0.5) is 0 Å². The smallest absolute Gasteiger partial charge is 0.267 e. The van der Waals surface area contributed by atoms with E-state index in [1.807, 2.05) is 0 Å². The minimum Gasteiger partial charge on any atom is -0.330 e. The Labute approximate surface area is 67.9 Å². The summed E-state index contributed by atoms with van der Waals surface area (Å²) in [6.07, 6.45) is 0.174. The van der Waals surface area contributed by atoms with Crippen molar-refractivity contribution in [1.82, 2.24) is 0 Å². The average Bonchev–Trinajstić information content (AvgIpc) is 1.81. The molecule has 0 rings (SSSR count). The van der Waals surface area contributed by atoms with Crippen molar-refractivity contribution in [3.05, 3.63) is 0 Å². The maximum Gasteiger partial charge on any atom is 0.267 e. The van der Waals surface area contributed by atoms with Crippen LogP contribution in [0.2, 0.25) is 0 Å². The Morgan fingerprint density at radius 3 is 2.36 bits per heavy atom. The summed E-state index contributed by atoms with van der Waals surface area (Å²) >= 11 is 0. The fourth-order valence-corrected chi connectivity index (χ4v) is 1.80. The van der Waals surface area contributed by atoms with Gasteiger partial charge in [0.25, 0.3) is 10.1 Å². The van der Waals surface area contributed by atoms with E-state index in [0.717, 1.165) is 0 Å². The van der Waals surface area contributed by atoms with Gasteiger partial charge in [0.05, 0.1) is 11.9 Å². The van der Waals surface area contributed by atoms with Gasteiger partial charge in [-0.1, -0.05) is 0 Å². The van der Waals surface area contributed by atoms with Gasteiger partial charge >= 0.3 is 0 Å². The van der Waals surface area contributed by atoms with E-state index < -0.39 is 10.1 Å². The van der Waals surface area contributed by atoms with Crippen LogP contribution in [0.15, 0.2) is 0 Å². The van der Waals surface area contributed by atoms with Crippen molar-refractivity contribution in [2.45, 2.75) is 26.4 Å². The fourth-order valence-electron chi connectivity index (χ4n) is 0.601. The summed E-state index contributed by atoms with van der Waals surface area (Å²) in [6, 6.07) is 0. The van der Waals surface area contributed by atoms with E-state index in [0.29, 0.717) is 13.0 Å². The second-order valence-corrected chi connectivity index (χ2v) is 4.27. The first-order valence-electron chi connectivity index (χ1n) is 3.59. The van der Waals surface area contributed by atoms with Crippen LogP contribution in [0.3, 0.4) is 0 Å². The molecule has 0 saturated carbocycles. The second kappa shape index (κ2) is 4.69. The molecule has 0 aliphatic rings. The molecule has 0 aromatic rings. The van der Waals surface area contributed by atoms with E-state index in [4.69, 9.17) is 5.73 Å². The lowest BCUT2D eigenvalue weighted by molar-refractivity contribution is 0.249. The van der Waals surface area contributed by atoms with Crippen molar-refractivity contribution in [1.29, 1.82) is 0 Å².